The second kappa shape index (κ2) is 18.9. The minimum Gasteiger partial charge on any atom is -0.457 e. The predicted molar refractivity (Wildman–Crippen MR) is 311 cm³/mol. The molecule has 78 heavy (non-hydrogen) atoms. The zero-order chi connectivity index (χ0) is 56.3. The lowest BCUT2D eigenvalue weighted by atomic mass is 9.71. The van der Waals surface area contributed by atoms with Gasteiger partial charge >= 0.3 is 0 Å². The van der Waals surface area contributed by atoms with Crippen molar-refractivity contribution in [3.63, 3.8) is 0 Å². The number of rotatable bonds is 7. The van der Waals surface area contributed by atoms with Crippen molar-refractivity contribution in [2.75, 3.05) is 16.5 Å². The Morgan fingerprint density at radius 3 is 1.60 bits per heavy atom. The molecule has 3 heterocycles. The number of nitrogens with zero attached hydrogens (tertiary/aromatic N) is 4. The third-order valence-electron chi connectivity index (χ3n) is 15.2. The number of aromatic nitrogens is 2. The number of pyridine rings is 1. The quantitative estimate of drug-likeness (QED) is 0.0905. The number of fused-ring (bicyclic) bond motifs is 4. The lowest BCUT2D eigenvalue weighted by Gasteiger charge is -2.34. The summed E-state index contributed by atoms with van der Waals surface area (Å²) >= 11 is 0. The Morgan fingerprint density at radius 1 is 0.436 bits per heavy atom. The van der Waals surface area contributed by atoms with E-state index in [-0.39, 0.29) is 33.9 Å². The Morgan fingerprint density at radius 2 is 1.00 bits per heavy atom. The van der Waals surface area contributed by atoms with E-state index in [1.807, 2.05) is 86.5 Å². The van der Waals surface area contributed by atoms with Crippen molar-refractivity contribution in [1.29, 1.82) is 0 Å². The van der Waals surface area contributed by atoms with Gasteiger partial charge in [0, 0.05) is 40.4 Å². The van der Waals surface area contributed by atoms with E-state index in [4.69, 9.17) is 9.72 Å². The van der Waals surface area contributed by atoms with E-state index in [0.29, 0.717) is 28.4 Å². The van der Waals surface area contributed by atoms with Crippen LogP contribution in [0.4, 0.5) is 44.7 Å². The topological polar surface area (TPSA) is 33.5 Å². The average Bonchev–Trinajstić information content (AvgIpc) is 4.11. The number of hydrogen-bond donors (Lipinski definition) is 0. The van der Waals surface area contributed by atoms with Gasteiger partial charge in [-0.15, -0.1) is 0 Å². The lowest BCUT2D eigenvalue weighted by Crippen LogP contribution is -2.27. The maximum atomic E-state index is 16.1. The summed E-state index contributed by atoms with van der Waals surface area (Å²) < 4.78 is 86.7. The van der Waals surface area contributed by atoms with Gasteiger partial charge in [0.1, 0.15) is 24.0 Å². The molecular weight excluding hydrogens is 984 g/mol. The van der Waals surface area contributed by atoms with Crippen LogP contribution in [-0.4, -0.2) is 16.2 Å². The summed E-state index contributed by atoms with van der Waals surface area (Å²) in [5, 5.41) is 2.14. The monoisotopic (exact) mass is 1050 g/mol. The van der Waals surface area contributed by atoms with E-state index in [1.165, 1.54) is 22.8 Å². The van der Waals surface area contributed by atoms with Crippen molar-refractivity contribution in [3.8, 4) is 39.6 Å². The van der Waals surface area contributed by atoms with E-state index in [1.54, 1.807) is 6.07 Å². The van der Waals surface area contributed by atoms with Gasteiger partial charge in [0.05, 0.1) is 33.7 Å². The van der Waals surface area contributed by atoms with Gasteiger partial charge < -0.3 is 14.5 Å². The number of halogens is 5. The van der Waals surface area contributed by atoms with Crippen LogP contribution in [0.2, 0.25) is 0 Å². The highest BCUT2D eigenvalue weighted by Gasteiger charge is 2.38. The molecule has 0 N–H and O–H groups in total. The van der Waals surface area contributed by atoms with Gasteiger partial charge in [-0.2, -0.15) is 0 Å². The Bertz CT molecular complexity index is 3790. The van der Waals surface area contributed by atoms with Crippen LogP contribution in [0, 0.1) is 29.1 Å². The standard InChI is InChI=1S/C68H69F5N4O/c1-64(2,3)40-29-30-74-55(35-40)77-51-24-17-16-21-45(51)46-28-27-43(37-54(46)77)78-44-32-39(56-49(67(10,11)12)33-41(65(4,5)6)34-50(56)68(13,14)15)31-42(36-44)75-38-76(53-26-19-18-25-52(53)75)63-47(22-20-23-48(63)66(7,8)9)57-58(69)60(71)62(73)61(72)59(57)70/h16-37H,38H2,1-15H3. The molecule has 7 aromatic carbocycles. The summed E-state index contributed by atoms with van der Waals surface area (Å²) in [5.74, 6) is -8.05. The molecule has 9 aromatic rings. The van der Waals surface area contributed by atoms with Gasteiger partial charge in [-0.1, -0.05) is 165 Å². The van der Waals surface area contributed by atoms with Crippen molar-refractivity contribution >= 4 is 44.6 Å². The van der Waals surface area contributed by atoms with Crippen molar-refractivity contribution in [3.05, 3.63) is 190 Å². The van der Waals surface area contributed by atoms with Gasteiger partial charge in [0.2, 0.25) is 5.82 Å². The van der Waals surface area contributed by atoms with Crippen molar-refractivity contribution in [1.82, 2.24) is 9.55 Å². The van der Waals surface area contributed by atoms with Crippen LogP contribution >= 0.6 is 0 Å². The predicted octanol–water partition coefficient (Wildman–Crippen LogP) is 19.7. The molecule has 0 saturated heterocycles. The summed E-state index contributed by atoms with van der Waals surface area (Å²) in [6.07, 6.45) is 1.87. The van der Waals surface area contributed by atoms with E-state index in [2.05, 4.69) is 153 Å². The molecule has 10 heteroatoms. The third kappa shape index (κ3) is 9.49. The molecule has 0 radical (unpaired) electrons. The van der Waals surface area contributed by atoms with E-state index < -0.39 is 40.1 Å². The first-order valence-corrected chi connectivity index (χ1v) is 26.8. The summed E-state index contributed by atoms with van der Waals surface area (Å²) in [5.41, 5.74) is 9.22. The van der Waals surface area contributed by atoms with Crippen LogP contribution in [0.25, 0.3) is 49.9 Å². The summed E-state index contributed by atoms with van der Waals surface area (Å²) in [6.45, 7) is 32.8. The number of anilines is 4. The fourth-order valence-electron chi connectivity index (χ4n) is 11.0. The second-order valence-electron chi connectivity index (χ2n) is 26.1. The number of ether oxygens (including phenoxy) is 1. The normalized spacial score (nSPS) is 13.5. The minimum atomic E-state index is -2.21. The SMILES string of the molecule is CC(C)(C)c1ccnc(-n2c3ccccc3c3ccc(Oc4cc(-c5c(C(C)(C)C)cc(C(C)(C)C)cc5C(C)(C)C)cc(N5CN(c6c(-c7c(F)c(F)c(F)c(F)c7F)cccc6C(C)(C)C)c6ccccc65)c4)cc32)c1. The Hall–Kier alpha value is -7.46. The first kappa shape index (κ1) is 53.9. The van der Waals surface area contributed by atoms with Crippen molar-refractivity contribution < 1.29 is 26.7 Å². The van der Waals surface area contributed by atoms with Crippen LogP contribution < -0.4 is 14.5 Å². The highest BCUT2D eigenvalue weighted by atomic mass is 19.2. The molecule has 0 fully saturated rings. The molecule has 0 aliphatic carbocycles. The zero-order valence-corrected chi connectivity index (χ0v) is 47.5. The van der Waals surface area contributed by atoms with Crippen molar-refractivity contribution in [2.24, 2.45) is 0 Å². The van der Waals surface area contributed by atoms with E-state index in [0.717, 1.165) is 55.7 Å². The third-order valence-corrected chi connectivity index (χ3v) is 15.2. The molecule has 10 rings (SSSR count). The molecule has 0 atom stereocenters. The van der Waals surface area contributed by atoms with Crippen LogP contribution in [-0.2, 0) is 27.1 Å². The van der Waals surface area contributed by atoms with Crippen LogP contribution in [0.1, 0.15) is 132 Å². The van der Waals surface area contributed by atoms with E-state index >= 15 is 17.6 Å². The van der Waals surface area contributed by atoms with Gasteiger partial charge in [-0.05, 0) is 121 Å². The Labute approximate surface area is 456 Å². The molecule has 0 spiro atoms. The molecule has 5 nitrogen and oxygen atoms in total. The van der Waals surface area contributed by atoms with Crippen LogP contribution in [0.3, 0.4) is 0 Å². The van der Waals surface area contributed by atoms with Gasteiger partial charge in [0.25, 0.3) is 0 Å². The zero-order valence-electron chi connectivity index (χ0n) is 47.5. The highest BCUT2D eigenvalue weighted by molar-refractivity contribution is 6.09. The molecule has 2 aromatic heterocycles. The average molecular weight is 1050 g/mol. The number of hydrogen-bond acceptors (Lipinski definition) is 4. The largest absolute Gasteiger partial charge is 0.457 e. The minimum absolute atomic E-state index is 0.103. The van der Waals surface area contributed by atoms with Gasteiger partial charge in [0.15, 0.2) is 23.3 Å². The highest BCUT2D eigenvalue weighted by Crippen LogP contribution is 2.53. The molecular formula is C68H69F5N4O. The molecule has 1 aliphatic rings. The first-order chi connectivity index (χ1) is 36.4. The van der Waals surface area contributed by atoms with Gasteiger partial charge in [-0.3, -0.25) is 4.57 Å². The maximum absolute atomic E-state index is 16.1. The number of benzene rings is 7. The Kier molecular flexibility index (Phi) is 13.1. The number of para-hydroxylation sites is 4. The van der Waals surface area contributed by atoms with Crippen molar-refractivity contribution in [2.45, 2.75) is 131 Å². The fraction of sp³-hybridized carbons (Fsp3) is 0.309. The molecule has 0 amide bonds. The van der Waals surface area contributed by atoms with Crippen LogP contribution in [0.15, 0.2) is 134 Å². The summed E-state index contributed by atoms with van der Waals surface area (Å²) in [4.78, 5) is 8.97. The van der Waals surface area contributed by atoms with Gasteiger partial charge in [-0.25, -0.2) is 26.9 Å². The Balaban J connectivity index is 1.22. The smallest absolute Gasteiger partial charge is 0.200 e. The summed E-state index contributed by atoms with van der Waals surface area (Å²) in [7, 11) is 0. The summed E-state index contributed by atoms with van der Waals surface area (Å²) in [6, 6.07) is 42.3. The molecule has 1 aliphatic heterocycles. The maximum Gasteiger partial charge on any atom is 0.200 e. The van der Waals surface area contributed by atoms with E-state index in [9.17, 15) is 4.39 Å². The molecule has 0 unspecified atom stereocenters. The second-order valence-corrected chi connectivity index (χ2v) is 26.1. The fourth-order valence-corrected chi connectivity index (χ4v) is 11.0. The first-order valence-electron chi connectivity index (χ1n) is 26.8. The molecule has 0 saturated carbocycles. The molecule has 0 bridgehead atoms. The molecule has 402 valence electrons. The lowest BCUT2D eigenvalue weighted by molar-refractivity contribution is 0.381. The van der Waals surface area contributed by atoms with Crippen LogP contribution in [0.5, 0.6) is 11.5 Å².